The Balaban J connectivity index is 2.35. The number of hydrogen-bond acceptors (Lipinski definition) is 5. The molecule has 0 bridgehead atoms. The highest BCUT2D eigenvalue weighted by molar-refractivity contribution is 7.89. The summed E-state index contributed by atoms with van der Waals surface area (Å²) >= 11 is 1.53. The molecule has 0 aliphatic heterocycles. The van der Waals surface area contributed by atoms with E-state index in [1.165, 1.54) is 34.9 Å². The number of rotatable bonds is 5. The zero-order valence-electron chi connectivity index (χ0n) is 12.1. The summed E-state index contributed by atoms with van der Waals surface area (Å²) in [5.41, 5.74) is 6.10. The van der Waals surface area contributed by atoms with E-state index in [4.69, 9.17) is 10.5 Å². The Bertz CT molecular complexity index is 712. The Kier molecular flexibility index (Phi) is 4.55. The van der Waals surface area contributed by atoms with Gasteiger partial charge in [-0.2, -0.15) is 4.31 Å². The quantitative estimate of drug-likeness (QED) is 0.858. The van der Waals surface area contributed by atoms with Gasteiger partial charge in [-0.25, -0.2) is 8.42 Å². The number of benzene rings is 1. The number of nitrogens with two attached hydrogens (primary N) is 1. The summed E-state index contributed by atoms with van der Waals surface area (Å²) in [6.45, 7) is 1.86. The first-order chi connectivity index (χ1) is 9.87. The van der Waals surface area contributed by atoms with Gasteiger partial charge < -0.3 is 10.5 Å². The fourth-order valence-corrected chi connectivity index (χ4v) is 4.23. The Morgan fingerprint density at radius 2 is 2.05 bits per heavy atom. The van der Waals surface area contributed by atoms with Crippen LogP contribution in [0.4, 0.5) is 5.69 Å². The van der Waals surface area contributed by atoms with E-state index in [0.29, 0.717) is 11.4 Å². The number of methoxy groups -OCH3 is 1. The van der Waals surface area contributed by atoms with E-state index in [9.17, 15) is 8.42 Å². The Morgan fingerprint density at radius 1 is 1.33 bits per heavy atom. The van der Waals surface area contributed by atoms with Crippen LogP contribution in [0.15, 0.2) is 40.6 Å². The average Bonchev–Trinajstić information content (AvgIpc) is 2.99. The second-order valence-electron chi connectivity index (χ2n) is 4.62. The van der Waals surface area contributed by atoms with E-state index in [0.717, 1.165) is 4.88 Å². The van der Waals surface area contributed by atoms with Crippen molar-refractivity contribution in [2.45, 2.75) is 17.9 Å². The van der Waals surface area contributed by atoms with Crippen LogP contribution in [-0.2, 0) is 10.0 Å². The molecule has 1 atom stereocenters. The van der Waals surface area contributed by atoms with E-state index in [-0.39, 0.29) is 10.9 Å². The molecular formula is C14H18N2O3S2. The molecule has 114 valence electrons. The summed E-state index contributed by atoms with van der Waals surface area (Å²) in [6, 6.07) is 8.07. The Labute approximate surface area is 129 Å². The molecule has 5 nitrogen and oxygen atoms in total. The Morgan fingerprint density at radius 3 is 2.57 bits per heavy atom. The second kappa shape index (κ2) is 6.05. The van der Waals surface area contributed by atoms with Crippen LogP contribution in [-0.4, -0.2) is 26.9 Å². The van der Waals surface area contributed by atoms with Crippen LogP contribution in [0.5, 0.6) is 5.75 Å². The third-order valence-corrected chi connectivity index (χ3v) is 6.35. The van der Waals surface area contributed by atoms with Crippen LogP contribution in [0, 0.1) is 0 Å². The van der Waals surface area contributed by atoms with Crippen LogP contribution in [0.25, 0.3) is 0 Å². The first-order valence-corrected chi connectivity index (χ1v) is 8.65. The SMILES string of the molecule is COc1ccc(S(=O)(=O)N(C)C(C)c2cccs2)cc1N. The topological polar surface area (TPSA) is 72.6 Å². The number of thiophene rings is 1. The number of hydrogen-bond donors (Lipinski definition) is 1. The lowest BCUT2D eigenvalue weighted by Gasteiger charge is -2.23. The summed E-state index contributed by atoms with van der Waals surface area (Å²) < 4.78 is 31.7. The summed E-state index contributed by atoms with van der Waals surface area (Å²) in [5.74, 6) is 0.461. The first kappa shape index (κ1) is 15.8. The van der Waals surface area contributed by atoms with Gasteiger partial charge in [0.15, 0.2) is 0 Å². The maximum atomic E-state index is 12.7. The molecule has 0 fully saturated rings. The molecule has 2 N–H and O–H groups in total. The van der Waals surface area contributed by atoms with Crippen molar-refractivity contribution in [2.75, 3.05) is 19.9 Å². The standard InChI is InChI=1S/C14H18N2O3S2/c1-10(14-5-4-8-20-14)16(2)21(17,18)11-6-7-13(19-3)12(15)9-11/h4-10H,15H2,1-3H3. The third-order valence-electron chi connectivity index (χ3n) is 3.38. The van der Waals surface area contributed by atoms with Crippen molar-refractivity contribution in [1.29, 1.82) is 0 Å². The molecule has 0 saturated carbocycles. The molecule has 0 saturated heterocycles. The number of ether oxygens (including phenoxy) is 1. The van der Waals surface area contributed by atoms with Gasteiger partial charge >= 0.3 is 0 Å². The summed E-state index contributed by atoms with van der Waals surface area (Å²) in [6.07, 6.45) is 0. The largest absolute Gasteiger partial charge is 0.495 e. The minimum atomic E-state index is -3.61. The third kappa shape index (κ3) is 3.04. The lowest BCUT2D eigenvalue weighted by Crippen LogP contribution is -2.29. The van der Waals surface area contributed by atoms with Gasteiger partial charge in [-0.05, 0) is 36.6 Å². The molecule has 0 aliphatic rings. The van der Waals surface area contributed by atoms with E-state index < -0.39 is 10.0 Å². The molecular weight excluding hydrogens is 308 g/mol. The van der Waals surface area contributed by atoms with Crippen molar-refractivity contribution in [2.24, 2.45) is 0 Å². The second-order valence-corrected chi connectivity index (χ2v) is 7.59. The molecule has 1 aromatic carbocycles. The summed E-state index contributed by atoms with van der Waals surface area (Å²) in [4.78, 5) is 1.15. The number of nitrogen functional groups attached to an aromatic ring is 1. The molecule has 1 heterocycles. The molecule has 0 amide bonds. The number of sulfonamides is 1. The Hall–Kier alpha value is -1.57. The minimum Gasteiger partial charge on any atom is -0.495 e. The van der Waals surface area contributed by atoms with Gasteiger partial charge in [0.2, 0.25) is 10.0 Å². The van der Waals surface area contributed by atoms with Gasteiger partial charge in [0.05, 0.1) is 23.7 Å². The first-order valence-electron chi connectivity index (χ1n) is 6.33. The van der Waals surface area contributed by atoms with Crippen LogP contribution in [0.1, 0.15) is 17.8 Å². The van der Waals surface area contributed by atoms with E-state index in [2.05, 4.69) is 0 Å². The van der Waals surface area contributed by atoms with E-state index >= 15 is 0 Å². The molecule has 0 radical (unpaired) electrons. The normalized spacial score (nSPS) is 13.3. The fraction of sp³-hybridized carbons (Fsp3) is 0.286. The van der Waals surface area contributed by atoms with Crippen molar-refractivity contribution in [3.63, 3.8) is 0 Å². The number of anilines is 1. The number of nitrogens with zero attached hydrogens (tertiary/aromatic N) is 1. The smallest absolute Gasteiger partial charge is 0.243 e. The van der Waals surface area contributed by atoms with Crippen molar-refractivity contribution in [3.8, 4) is 5.75 Å². The lowest BCUT2D eigenvalue weighted by atomic mass is 10.3. The molecule has 1 aromatic heterocycles. The van der Waals surface area contributed by atoms with E-state index in [1.54, 1.807) is 13.1 Å². The van der Waals surface area contributed by atoms with Crippen LogP contribution >= 0.6 is 11.3 Å². The highest BCUT2D eigenvalue weighted by Crippen LogP contribution is 2.31. The predicted octanol–water partition coefficient (Wildman–Crippen LogP) is 2.72. The van der Waals surface area contributed by atoms with Crippen molar-refractivity contribution < 1.29 is 13.2 Å². The van der Waals surface area contributed by atoms with Gasteiger partial charge in [-0.1, -0.05) is 6.07 Å². The van der Waals surface area contributed by atoms with Crippen LogP contribution < -0.4 is 10.5 Å². The molecule has 0 aliphatic carbocycles. The average molecular weight is 326 g/mol. The fourth-order valence-electron chi connectivity index (χ4n) is 1.96. The van der Waals surface area contributed by atoms with Gasteiger partial charge in [-0.15, -0.1) is 11.3 Å². The van der Waals surface area contributed by atoms with Gasteiger partial charge in [0.1, 0.15) is 5.75 Å². The monoisotopic (exact) mass is 326 g/mol. The molecule has 1 unspecified atom stereocenters. The molecule has 21 heavy (non-hydrogen) atoms. The van der Waals surface area contributed by atoms with Gasteiger partial charge in [-0.3, -0.25) is 0 Å². The molecule has 7 heteroatoms. The molecule has 2 rings (SSSR count). The zero-order valence-corrected chi connectivity index (χ0v) is 13.7. The predicted molar refractivity (Wildman–Crippen MR) is 85.1 cm³/mol. The minimum absolute atomic E-state index is 0.159. The lowest BCUT2D eigenvalue weighted by molar-refractivity contribution is 0.402. The molecule has 2 aromatic rings. The van der Waals surface area contributed by atoms with Crippen LogP contribution in [0.3, 0.4) is 0 Å². The van der Waals surface area contributed by atoms with Crippen molar-refractivity contribution in [1.82, 2.24) is 4.31 Å². The maximum absolute atomic E-state index is 12.7. The zero-order chi connectivity index (χ0) is 15.6. The van der Waals surface area contributed by atoms with Crippen LogP contribution in [0.2, 0.25) is 0 Å². The van der Waals surface area contributed by atoms with Gasteiger partial charge in [0.25, 0.3) is 0 Å². The molecule has 0 spiro atoms. The van der Waals surface area contributed by atoms with Gasteiger partial charge in [0, 0.05) is 11.9 Å². The maximum Gasteiger partial charge on any atom is 0.243 e. The highest BCUT2D eigenvalue weighted by Gasteiger charge is 2.27. The van der Waals surface area contributed by atoms with E-state index in [1.807, 2.05) is 24.4 Å². The summed E-state index contributed by atoms with van der Waals surface area (Å²) in [5, 5.41) is 1.93. The van der Waals surface area contributed by atoms with Crippen molar-refractivity contribution in [3.05, 3.63) is 40.6 Å². The highest BCUT2D eigenvalue weighted by atomic mass is 32.2. The summed E-state index contributed by atoms with van der Waals surface area (Å²) in [7, 11) is -0.547. The van der Waals surface area contributed by atoms with Crippen molar-refractivity contribution >= 4 is 27.0 Å².